The number of amides is 1. The molecule has 1 amide bonds. The topological polar surface area (TPSA) is 51.2 Å². The van der Waals surface area contributed by atoms with Gasteiger partial charge in [0.1, 0.15) is 0 Å². The normalized spacial score (nSPS) is 11.2. The maximum Gasteiger partial charge on any atom is 0.471 e. The average molecular weight is 327 g/mol. The number of methoxy groups -OCH3 is 1. The van der Waals surface area contributed by atoms with Crippen LogP contribution in [0.4, 0.5) is 13.2 Å². The summed E-state index contributed by atoms with van der Waals surface area (Å²) in [5, 5.41) is 1.77. The molecule has 1 rings (SSSR count). The molecule has 4 nitrogen and oxygen atoms in total. The molecule has 1 N–H and O–H groups in total. The molecule has 18 heavy (non-hydrogen) atoms. The molecule has 0 saturated carbocycles. The van der Waals surface area contributed by atoms with E-state index < -0.39 is 12.1 Å². The van der Waals surface area contributed by atoms with Crippen molar-refractivity contribution in [1.29, 1.82) is 0 Å². The lowest BCUT2D eigenvalue weighted by molar-refractivity contribution is -0.173. The molecule has 0 fully saturated rings. The van der Waals surface area contributed by atoms with Crippen molar-refractivity contribution in [2.24, 2.45) is 0 Å². The standard InChI is InChI=1S/C10H10BrF3N2O2/c1-18-8-3-2-6(11)7(16-8)4-5-15-9(17)10(12,13)14/h2-3H,4-5H2,1H3,(H,15,17). The van der Waals surface area contributed by atoms with Crippen LogP contribution in [0.5, 0.6) is 5.88 Å². The lowest BCUT2D eigenvalue weighted by atomic mass is 10.2. The summed E-state index contributed by atoms with van der Waals surface area (Å²) in [6, 6.07) is 3.29. The molecule has 1 heterocycles. The number of nitrogens with one attached hydrogen (secondary N) is 1. The lowest BCUT2D eigenvalue weighted by Crippen LogP contribution is -2.37. The van der Waals surface area contributed by atoms with E-state index in [0.29, 0.717) is 16.0 Å². The summed E-state index contributed by atoms with van der Waals surface area (Å²) >= 11 is 3.21. The Bertz CT molecular complexity index is 438. The van der Waals surface area contributed by atoms with Crippen molar-refractivity contribution in [1.82, 2.24) is 10.3 Å². The van der Waals surface area contributed by atoms with Crippen molar-refractivity contribution in [3.05, 3.63) is 22.3 Å². The van der Waals surface area contributed by atoms with Crippen LogP contribution in [0.15, 0.2) is 16.6 Å². The van der Waals surface area contributed by atoms with E-state index in [4.69, 9.17) is 4.74 Å². The number of nitrogens with zero attached hydrogens (tertiary/aromatic N) is 1. The smallest absolute Gasteiger partial charge is 0.471 e. The predicted molar refractivity (Wildman–Crippen MR) is 61.3 cm³/mol. The van der Waals surface area contributed by atoms with E-state index in [1.807, 2.05) is 0 Å². The van der Waals surface area contributed by atoms with E-state index in [9.17, 15) is 18.0 Å². The second-order valence-electron chi connectivity index (χ2n) is 3.29. The highest BCUT2D eigenvalue weighted by Gasteiger charge is 2.38. The van der Waals surface area contributed by atoms with Gasteiger partial charge >= 0.3 is 12.1 Å². The van der Waals surface area contributed by atoms with Crippen molar-refractivity contribution in [2.75, 3.05) is 13.7 Å². The first-order valence-corrected chi connectivity index (χ1v) is 5.68. The zero-order valence-electron chi connectivity index (χ0n) is 9.34. The number of alkyl halides is 3. The fourth-order valence-electron chi connectivity index (χ4n) is 1.15. The fraction of sp³-hybridized carbons (Fsp3) is 0.400. The summed E-state index contributed by atoms with van der Waals surface area (Å²) in [5.41, 5.74) is 0.511. The number of hydrogen-bond acceptors (Lipinski definition) is 3. The minimum atomic E-state index is -4.86. The minimum absolute atomic E-state index is 0.156. The van der Waals surface area contributed by atoms with Crippen LogP contribution in [0.3, 0.4) is 0 Å². The summed E-state index contributed by atoms with van der Waals surface area (Å²) in [5.74, 6) is -1.60. The van der Waals surface area contributed by atoms with Crippen molar-refractivity contribution >= 4 is 21.8 Å². The predicted octanol–water partition coefficient (Wildman–Crippen LogP) is 2.07. The monoisotopic (exact) mass is 326 g/mol. The number of rotatable bonds is 4. The van der Waals surface area contributed by atoms with Gasteiger partial charge in [-0.2, -0.15) is 13.2 Å². The van der Waals surface area contributed by atoms with Crippen molar-refractivity contribution in [2.45, 2.75) is 12.6 Å². The molecule has 0 radical (unpaired) electrons. The molecule has 0 aliphatic carbocycles. The van der Waals surface area contributed by atoms with Gasteiger partial charge in [-0.05, 0) is 22.0 Å². The van der Waals surface area contributed by atoms with Crippen molar-refractivity contribution in [3.8, 4) is 5.88 Å². The van der Waals surface area contributed by atoms with Crippen LogP contribution in [-0.4, -0.2) is 30.7 Å². The second kappa shape index (κ2) is 6.03. The van der Waals surface area contributed by atoms with E-state index in [-0.39, 0.29) is 13.0 Å². The van der Waals surface area contributed by atoms with E-state index in [1.54, 1.807) is 17.4 Å². The van der Waals surface area contributed by atoms with Gasteiger partial charge in [-0.15, -0.1) is 0 Å². The van der Waals surface area contributed by atoms with Gasteiger partial charge in [-0.3, -0.25) is 4.79 Å². The van der Waals surface area contributed by atoms with Crippen LogP contribution >= 0.6 is 15.9 Å². The van der Waals surface area contributed by atoms with Gasteiger partial charge in [-0.1, -0.05) is 0 Å². The number of halogens is 4. The number of carbonyl (C=O) groups excluding carboxylic acids is 1. The number of hydrogen-bond donors (Lipinski definition) is 1. The van der Waals surface area contributed by atoms with Gasteiger partial charge in [-0.25, -0.2) is 4.98 Å². The van der Waals surface area contributed by atoms with Crippen LogP contribution in [0.2, 0.25) is 0 Å². The number of aromatic nitrogens is 1. The molecule has 0 saturated heterocycles. The summed E-state index contributed by atoms with van der Waals surface area (Å²) in [7, 11) is 1.44. The molecule has 100 valence electrons. The van der Waals surface area contributed by atoms with Gasteiger partial charge in [0.2, 0.25) is 5.88 Å². The molecule has 1 aromatic heterocycles. The van der Waals surface area contributed by atoms with E-state index >= 15 is 0 Å². The molecule has 0 aliphatic rings. The van der Waals surface area contributed by atoms with E-state index in [1.165, 1.54) is 7.11 Å². The Morgan fingerprint density at radius 1 is 1.50 bits per heavy atom. The number of carbonyl (C=O) groups is 1. The van der Waals surface area contributed by atoms with Gasteiger partial charge in [0, 0.05) is 23.5 Å². The first kappa shape index (κ1) is 14.7. The second-order valence-corrected chi connectivity index (χ2v) is 4.14. The zero-order valence-corrected chi connectivity index (χ0v) is 10.9. The third-order valence-corrected chi connectivity index (χ3v) is 2.73. The van der Waals surface area contributed by atoms with Crippen LogP contribution in [0.25, 0.3) is 0 Å². The summed E-state index contributed by atoms with van der Waals surface area (Å²) in [6.07, 6.45) is -4.70. The molecule has 0 unspecified atom stereocenters. The Morgan fingerprint density at radius 2 is 2.17 bits per heavy atom. The Morgan fingerprint density at radius 3 is 2.72 bits per heavy atom. The highest BCUT2D eigenvalue weighted by atomic mass is 79.9. The van der Waals surface area contributed by atoms with Crippen LogP contribution in [0.1, 0.15) is 5.69 Å². The summed E-state index contributed by atoms with van der Waals surface area (Å²) in [4.78, 5) is 14.6. The molecular weight excluding hydrogens is 317 g/mol. The first-order chi connectivity index (χ1) is 8.34. The lowest BCUT2D eigenvalue weighted by Gasteiger charge is -2.09. The Hall–Kier alpha value is -1.31. The van der Waals surface area contributed by atoms with Crippen molar-refractivity contribution in [3.63, 3.8) is 0 Å². The zero-order chi connectivity index (χ0) is 13.8. The van der Waals surface area contributed by atoms with Crippen LogP contribution in [-0.2, 0) is 11.2 Å². The first-order valence-electron chi connectivity index (χ1n) is 4.89. The fourth-order valence-corrected chi connectivity index (χ4v) is 1.57. The highest BCUT2D eigenvalue weighted by molar-refractivity contribution is 9.10. The van der Waals surface area contributed by atoms with Gasteiger partial charge in [0.25, 0.3) is 0 Å². The number of pyridine rings is 1. The molecular formula is C10H10BrF3N2O2. The van der Waals surface area contributed by atoms with Crippen molar-refractivity contribution < 1.29 is 22.7 Å². The van der Waals surface area contributed by atoms with E-state index in [0.717, 1.165) is 0 Å². The largest absolute Gasteiger partial charge is 0.481 e. The maximum absolute atomic E-state index is 11.9. The Kier molecular flexibility index (Phi) is 4.94. The van der Waals surface area contributed by atoms with Crippen LogP contribution < -0.4 is 10.1 Å². The summed E-state index contributed by atoms with van der Waals surface area (Å²) in [6.45, 7) is -0.156. The highest BCUT2D eigenvalue weighted by Crippen LogP contribution is 2.19. The maximum atomic E-state index is 11.9. The van der Waals surface area contributed by atoms with Gasteiger partial charge < -0.3 is 10.1 Å². The third kappa shape index (κ3) is 4.17. The Balaban J connectivity index is 2.56. The van der Waals surface area contributed by atoms with Gasteiger partial charge in [0.15, 0.2) is 0 Å². The van der Waals surface area contributed by atoms with E-state index in [2.05, 4.69) is 20.9 Å². The van der Waals surface area contributed by atoms with Gasteiger partial charge in [0.05, 0.1) is 12.8 Å². The Labute approximate surface area is 110 Å². The molecule has 0 spiro atoms. The minimum Gasteiger partial charge on any atom is -0.481 e. The molecule has 0 aromatic carbocycles. The molecule has 1 aromatic rings. The third-order valence-electron chi connectivity index (χ3n) is 2.01. The average Bonchev–Trinajstić information content (AvgIpc) is 2.30. The number of ether oxygens (including phenoxy) is 1. The molecule has 0 atom stereocenters. The molecule has 0 aliphatic heterocycles. The SMILES string of the molecule is COc1ccc(Br)c(CCNC(=O)C(F)(F)F)n1. The van der Waals surface area contributed by atoms with Crippen LogP contribution in [0, 0.1) is 0 Å². The summed E-state index contributed by atoms with van der Waals surface area (Å²) < 4.78 is 41.3. The molecule has 0 bridgehead atoms. The quantitative estimate of drug-likeness (QED) is 0.921. The molecule has 8 heteroatoms.